The number of rotatable bonds is 0. The number of hydrogen-bond donors (Lipinski definition) is 3. The van der Waals surface area contributed by atoms with Gasteiger partial charge < -0.3 is 21.4 Å². The summed E-state index contributed by atoms with van der Waals surface area (Å²) in [6.45, 7) is 8.75. The Morgan fingerprint density at radius 3 is 1.84 bits per heavy atom. The Morgan fingerprint density at radius 1 is 1.16 bits per heavy atom. The quantitative estimate of drug-likeness (QED) is 0.502. The molecule has 0 spiro atoms. The third kappa shape index (κ3) is 15.6. The van der Waals surface area contributed by atoms with Crippen molar-refractivity contribution in [2.45, 2.75) is 32.1 Å². The minimum absolute atomic E-state index is 0. The Morgan fingerprint density at radius 2 is 1.63 bits per heavy atom. The Balaban J connectivity index is -0.0000000936. The van der Waals surface area contributed by atoms with E-state index in [1.54, 1.807) is 24.3 Å². The van der Waals surface area contributed by atoms with Crippen LogP contribution in [-0.4, -0.2) is 29.1 Å². The molecule has 1 aliphatic heterocycles. The first-order valence-electron chi connectivity index (χ1n) is 5.87. The highest BCUT2D eigenvalue weighted by molar-refractivity contribution is 7.80. The number of hydrogen-bond acceptors (Lipinski definition) is 3. The molecule has 116 valence electrons. The van der Waals surface area contributed by atoms with Crippen molar-refractivity contribution in [1.82, 2.24) is 5.32 Å². The van der Waals surface area contributed by atoms with Gasteiger partial charge in [0.15, 0.2) is 0 Å². The van der Waals surface area contributed by atoms with Gasteiger partial charge in [-0.2, -0.15) is 9.90 Å². The summed E-state index contributed by atoms with van der Waals surface area (Å²) in [6.07, 6.45) is 1.38. The molecule has 0 aliphatic carbocycles. The number of phenols is 1. The number of aromatic hydroxyl groups is 1. The molecule has 0 saturated carbocycles. The molecule has 1 heterocycles. The lowest BCUT2D eigenvalue weighted by Gasteiger charge is -1.90. The van der Waals surface area contributed by atoms with Crippen molar-refractivity contribution < 1.29 is 16.1 Å². The van der Waals surface area contributed by atoms with Crippen molar-refractivity contribution in [2.24, 2.45) is 5.92 Å². The second-order valence-corrected chi connectivity index (χ2v) is 4.13. The van der Waals surface area contributed by atoms with Crippen LogP contribution in [0.1, 0.15) is 27.2 Å². The molecule has 2 rings (SSSR count). The van der Waals surface area contributed by atoms with Gasteiger partial charge in [-0.15, -0.1) is 12.6 Å². The van der Waals surface area contributed by atoms with E-state index in [9.17, 15) is 0 Å². The lowest BCUT2D eigenvalue weighted by atomic mass is 10.2. The predicted octanol–water partition coefficient (Wildman–Crippen LogP) is 1.73. The lowest BCUT2D eigenvalue weighted by molar-refractivity contribution is 0.475. The van der Waals surface area contributed by atoms with Gasteiger partial charge in [0.1, 0.15) is 5.75 Å². The van der Waals surface area contributed by atoms with Crippen LogP contribution >= 0.6 is 22.5 Å². The van der Waals surface area contributed by atoms with Gasteiger partial charge in [0.25, 0.3) is 0 Å². The van der Waals surface area contributed by atoms with E-state index in [1.807, 2.05) is 13.8 Å². The zero-order valence-corrected chi connectivity index (χ0v) is 14.4. The average molecular weight is 311 g/mol. The van der Waals surface area contributed by atoms with Crippen molar-refractivity contribution in [1.29, 1.82) is 0 Å². The van der Waals surface area contributed by atoms with Gasteiger partial charge in [-0.3, -0.25) is 0 Å². The second-order valence-electron chi connectivity index (χ2n) is 3.61. The van der Waals surface area contributed by atoms with Crippen LogP contribution < -0.4 is 5.32 Å². The van der Waals surface area contributed by atoms with Gasteiger partial charge in [-0.25, -0.2) is 0 Å². The van der Waals surface area contributed by atoms with Crippen LogP contribution in [-0.2, 0) is 0 Å². The maximum Gasteiger partial charge on any atom is 0.115 e. The normalized spacial score (nSPS) is 15.1. The molecule has 1 saturated heterocycles. The van der Waals surface area contributed by atoms with Crippen molar-refractivity contribution in [2.75, 3.05) is 13.1 Å². The molecule has 1 aliphatic rings. The summed E-state index contributed by atoms with van der Waals surface area (Å²) in [4.78, 5) is 0.864. The summed E-state index contributed by atoms with van der Waals surface area (Å²) < 4.78 is 0. The standard InChI is InChI=1S/C6H6OS.C5H11N.C2H6.2H2O.H3P/c7-5-1-3-6(8)4-2-5;1-5-2-3-6-4-5;1-2;;;/h1-4,7-8H;5-6H,2-4H2,1H3;1-2H3;2*1H2;1H3/t;5-;;;;/m.1..../s1. The molecule has 2 atom stereocenters. The van der Waals surface area contributed by atoms with Gasteiger partial charge in [0.2, 0.25) is 0 Å². The molecular formula is C13H30NO3PS. The highest BCUT2D eigenvalue weighted by Gasteiger charge is 2.06. The minimum Gasteiger partial charge on any atom is -0.508 e. The number of phenolic OH excluding ortho intramolecular Hbond substituents is 1. The topological polar surface area (TPSA) is 95.3 Å². The lowest BCUT2D eigenvalue weighted by Crippen LogP contribution is -2.06. The van der Waals surface area contributed by atoms with Crippen LogP contribution in [0.15, 0.2) is 29.2 Å². The van der Waals surface area contributed by atoms with E-state index in [2.05, 4.69) is 24.9 Å². The van der Waals surface area contributed by atoms with Crippen LogP contribution in [0.25, 0.3) is 0 Å². The maximum absolute atomic E-state index is 8.72. The fourth-order valence-electron chi connectivity index (χ4n) is 1.25. The van der Waals surface area contributed by atoms with Gasteiger partial charge >= 0.3 is 0 Å². The summed E-state index contributed by atoms with van der Waals surface area (Å²) in [6, 6.07) is 6.67. The molecule has 4 nitrogen and oxygen atoms in total. The first-order valence-corrected chi connectivity index (χ1v) is 6.32. The third-order valence-corrected chi connectivity index (χ3v) is 2.45. The summed E-state index contributed by atoms with van der Waals surface area (Å²) in [5, 5.41) is 12.0. The van der Waals surface area contributed by atoms with Crippen molar-refractivity contribution in [3.63, 3.8) is 0 Å². The fraction of sp³-hybridized carbons (Fsp3) is 0.538. The number of thiol groups is 1. The molecule has 0 bridgehead atoms. The van der Waals surface area contributed by atoms with E-state index >= 15 is 0 Å². The van der Waals surface area contributed by atoms with Crippen molar-refractivity contribution in [3.8, 4) is 5.75 Å². The van der Waals surface area contributed by atoms with Crippen LogP contribution in [0.3, 0.4) is 0 Å². The molecule has 1 unspecified atom stereocenters. The largest absolute Gasteiger partial charge is 0.508 e. The maximum atomic E-state index is 8.72. The Bertz CT molecular complexity index is 246. The van der Waals surface area contributed by atoms with Crippen LogP contribution in [0.4, 0.5) is 0 Å². The van der Waals surface area contributed by atoms with E-state index in [1.165, 1.54) is 19.5 Å². The van der Waals surface area contributed by atoms with Crippen LogP contribution in [0.2, 0.25) is 0 Å². The highest BCUT2D eigenvalue weighted by atomic mass is 32.1. The molecule has 0 aromatic heterocycles. The molecule has 6 N–H and O–H groups in total. The van der Waals surface area contributed by atoms with Crippen LogP contribution in [0, 0.1) is 5.92 Å². The predicted molar refractivity (Wildman–Crippen MR) is 91.7 cm³/mol. The van der Waals surface area contributed by atoms with Crippen molar-refractivity contribution >= 4 is 22.5 Å². The zero-order chi connectivity index (χ0) is 12.4. The Hall–Kier alpha value is -0.320. The molecule has 0 amide bonds. The van der Waals surface area contributed by atoms with Gasteiger partial charge in [-0.05, 0) is 49.7 Å². The number of benzene rings is 1. The first kappa shape index (κ1) is 27.1. The van der Waals surface area contributed by atoms with E-state index in [-0.39, 0.29) is 26.6 Å². The Labute approximate surface area is 125 Å². The Kier molecular flexibility index (Phi) is 25.2. The SMILES string of the molecule is CC.C[C@@H]1CCNC1.O.O.Oc1ccc(S)cc1.P. The van der Waals surface area contributed by atoms with E-state index in [4.69, 9.17) is 5.11 Å². The molecule has 1 aromatic rings. The highest BCUT2D eigenvalue weighted by Crippen LogP contribution is 2.11. The second kappa shape index (κ2) is 17.7. The monoisotopic (exact) mass is 311 g/mol. The molecular weight excluding hydrogens is 281 g/mol. The summed E-state index contributed by atoms with van der Waals surface area (Å²) in [5.41, 5.74) is 0. The van der Waals surface area contributed by atoms with Crippen LogP contribution in [0.5, 0.6) is 5.75 Å². The van der Waals surface area contributed by atoms with E-state index < -0.39 is 0 Å². The summed E-state index contributed by atoms with van der Waals surface area (Å²) in [5.74, 6) is 1.22. The third-order valence-electron chi connectivity index (χ3n) is 2.16. The smallest absolute Gasteiger partial charge is 0.115 e. The summed E-state index contributed by atoms with van der Waals surface area (Å²) >= 11 is 4.02. The molecule has 19 heavy (non-hydrogen) atoms. The van der Waals surface area contributed by atoms with E-state index in [0.717, 1.165) is 10.8 Å². The fourth-order valence-corrected chi connectivity index (χ4v) is 1.40. The van der Waals surface area contributed by atoms with Gasteiger partial charge in [-0.1, -0.05) is 20.8 Å². The molecule has 0 radical (unpaired) electrons. The average Bonchev–Trinajstić information content (AvgIpc) is 2.77. The number of nitrogens with one attached hydrogen (secondary N) is 1. The minimum atomic E-state index is 0. The zero-order valence-electron chi connectivity index (χ0n) is 12.1. The first-order chi connectivity index (χ1) is 7.68. The van der Waals surface area contributed by atoms with Gasteiger partial charge in [0.05, 0.1) is 0 Å². The molecule has 1 aromatic carbocycles. The van der Waals surface area contributed by atoms with Gasteiger partial charge in [0, 0.05) is 4.90 Å². The van der Waals surface area contributed by atoms with E-state index in [0.29, 0.717) is 0 Å². The molecule has 1 fully saturated rings. The van der Waals surface area contributed by atoms with Crippen molar-refractivity contribution in [3.05, 3.63) is 24.3 Å². The molecule has 6 heteroatoms. The summed E-state index contributed by atoms with van der Waals surface area (Å²) in [7, 11) is 0.